The van der Waals surface area contributed by atoms with Gasteiger partial charge in [0.05, 0.1) is 17.9 Å². The summed E-state index contributed by atoms with van der Waals surface area (Å²) in [7, 11) is 0. The molecule has 10 heteroatoms. The molecule has 28 heavy (non-hydrogen) atoms. The Morgan fingerprint density at radius 3 is 2.89 bits per heavy atom. The molecule has 4 aliphatic rings. The largest absolute Gasteiger partial charge is 0.451 e. The molecule has 152 valence electrons. The second kappa shape index (κ2) is 6.89. The van der Waals surface area contributed by atoms with Gasteiger partial charge in [0.15, 0.2) is 6.10 Å². The van der Waals surface area contributed by atoms with Crippen LogP contribution in [0, 0.1) is 5.92 Å². The van der Waals surface area contributed by atoms with Crippen molar-refractivity contribution in [2.75, 3.05) is 13.2 Å². The number of halogens is 1. The van der Waals surface area contributed by atoms with Crippen LogP contribution in [0.15, 0.2) is 18.2 Å². The van der Waals surface area contributed by atoms with Gasteiger partial charge in [0.25, 0.3) is 0 Å². The molecule has 0 saturated carbocycles. The summed E-state index contributed by atoms with van der Waals surface area (Å²) in [4.78, 5) is 14.2. The number of cyclic esters (lactones) is 1. The minimum atomic E-state index is -1.20. The highest BCUT2D eigenvalue weighted by atomic mass is 35.5. The molecule has 0 spiro atoms. The first-order chi connectivity index (χ1) is 13.5. The highest BCUT2D eigenvalue weighted by molar-refractivity contribution is 6.31. The first-order valence-corrected chi connectivity index (χ1v) is 9.83. The molecular formula is C18H23ClN4O5. The fourth-order valence-electron chi connectivity index (χ4n) is 4.85. The molecule has 3 fully saturated rings. The summed E-state index contributed by atoms with van der Waals surface area (Å²) in [6.45, 7) is 1.23. The number of aliphatic hydroxyl groups excluding tert-OH is 2. The number of hydrogen-bond acceptors (Lipinski definition) is 9. The lowest BCUT2D eigenvalue weighted by Crippen LogP contribution is -2.64. The molecule has 0 amide bonds. The van der Waals surface area contributed by atoms with Crippen LogP contribution in [0.3, 0.4) is 0 Å². The predicted octanol–water partition coefficient (Wildman–Crippen LogP) is -0.919. The highest BCUT2D eigenvalue weighted by Gasteiger charge is 2.55. The molecule has 5 rings (SSSR count). The maximum Gasteiger partial charge on any atom is 0.339 e. The van der Waals surface area contributed by atoms with Crippen molar-refractivity contribution in [3.05, 3.63) is 34.3 Å². The molecule has 3 unspecified atom stereocenters. The van der Waals surface area contributed by atoms with Crippen LogP contribution in [0.5, 0.6) is 0 Å². The molecule has 4 aliphatic heterocycles. The summed E-state index contributed by atoms with van der Waals surface area (Å²) in [5.41, 5.74) is 7.12. The summed E-state index contributed by atoms with van der Waals surface area (Å²) in [5.74, 6) is -0.337. The summed E-state index contributed by atoms with van der Waals surface area (Å²) >= 11 is 5.98. The summed E-state index contributed by atoms with van der Waals surface area (Å²) in [5, 5.41) is 28.4. The number of nitrogens with two attached hydrogens (primary N) is 1. The number of nitrogens with zero attached hydrogens (tertiary/aromatic N) is 1. The molecule has 1 aromatic carbocycles. The van der Waals surface area contributed by atoms with Crippen LogP contribution in [-0.4, -0.2) is 71.2 Å². The van der Waals surface area contributed by atoms with Gasteiger partial charge in [-0.15, -0.1) is 0 Å². The summed E-state index contributed by atoms with van der Waals surface area (Å²) in [6, 6.07) is 4.90. The lowest BCUT2D eigenvalue weighted by atomic mass is 9.97. The Bertz CT molecular complexity index is 797. The number of carbonyl (C=O) groups is 1. The van der Waals surface area contributed by atoms with E-state index < -0.39 is 36.6 Å². The standard InChI is InChI=1S/C18H23ClN4O5/c19-7-1-2-8-10(5-7)18(26)28-13(8)14-11(24)12(25)17(27-14)23-4-3-9-15(20)21-6-22-16(9)23/h1-2,5,9,11-17,21-22,24-25H,3-4,6,20H2/t9?,11-,12+,13-,14-,15?,16?,17+/m0/s1. The van der Waals surface area contributed by atoms with Crippen LogP contribution in [-0.2, 0) is 9.47 Å². The van der Waals surface area contributed by atoms with E-state index in [1.54, 1.807) is 18.2 Å². The number of hydrogen-bond donors (Lipinski definition) is 5. The van der Waals surface area contributed by atoms with Gasteiger partial charge in [-0.3, -0.25) is 15.5 Å². The SMILES string of the molecule is NC1NCNC2C1CCN2[C@@H]1O[C@H]([C@H]2OC(=O)c3cc(Cl)ccc32)[C@@H](O)[C@H]1O. The van der Waals surface area contributed by atoms with Gasteiger partial charge in [-0.2, -0.15) is 0 Å². The minimum absolute atomic E-state index is 0.0564. The molecule has 3 saturated heterocycles. The number of benzene rings is 1. The minimum Gasteiger partial charge on any atom is -0.451 e. The van der Waals surface area contributed by atoms with Crippen LogP contribution in [0.25, 0.3) is 0 Å². The van der Waals surface area contributed by atoms with E-state index in [0.29, 0.717) is 29.4 Å². The van der Waals surface area contributed by atoms with E-state index in [2.05, 4.69) is 10.6 Å². The zero-order chi connectivity index (χ0) is 19.6. The van der Waals surface area contributed by atoms with E-state index in [4.69, 9.17) is 26.8 Å². The van der Waals surface area contributed by atoms with Crippen LogP contribution in [0.1, 0.15) is 28.4 Å². The average molecular weight is 411 g/mol. The van der Waals surface area contributed by atoms with Crippen LogP contribution in [0.4, 0.5) is 0 Å². The third-order valence-electron chi connectivity index (χ3n) is 6.27. The van der Waals surface area contributed by atoms with Crippen molar-refractivity contribution in [2.45, 2.75) is 49.4 Å². The van der Waals surface area contributed by atoms with Crippen LogP contribution < -0.4 is 16.4 Å². The summed E-state index contributed by atoms with van der Waals surface area (Å²) < 4.78 is 11.6. The Morgan fingerprint density at radius 1 is 1.25 bits per heavy atom. The average Bonchev–Trinajstić information content (AvgIpc) is 3.32. The van der Waals surface area contributed by atoms with E-state index in [-0.39, 0.29) is 18.2 Å². The van der Waals surface area contributed by atoms with Crippen molar-refractivity contribution in [3.63, 3.8) is 0 Å². The van der Waals surface area contributed by atoms with Crippen molar-refractivity contribution < 1.29 is 24.5 Å². The lowest BCUT2D eigenvalue weighted by Gasteiger charge is -2.39. The van der Waals surface area contributed by atoms with Gasteiger partial charge in [-0.1, -0.05) is 17.7 Å². The number of carbonyl (C=O) groups excluding carboxylic acids is 1. The molecule has 8 atom stereocenters. The lowest BCUT2D eigenvalue weighted by molar-refractivity contribution is -0.127. The third kappa shape index (κ3) is 2.78. The number of ether oxygens (including phenoxy) is 2. The maximum atomic E-state index is 12.2. The number of nitrogens with one attached hydrogen (secondary N) is 2. The number of rotatable bonds is 2. The second-order valence-electron chi connectivity index (χ2n) is 7.78. The fraction of sp³-hybridized carbons (Fsp3) is 0.611. The normalized spacial score (nSPS) is 43.1. The number of fused-ring (bicyclic) bond motifs is 2. The predicted molar refractivity (Wildman–Crippen MR) is 98.0 cm³/mol. The van der Waals surface area contributed by atoms with E-state index in [9.17, 15) is 15.0 Å². The molecule has 0 bridgehead atoms. The second-order valence-corrected chi connectivity index (χ2v) is 8.21. The molecule has 0 radical (unpaired) electrons. The topological polar surface area (TPSA) is 129 Å². The molecule has 0 aromatic heterocycles. The van der Waals surface area contributed by atoms with E-state index in [1.165, 1.54) is 0 Å². The van der Waals surface area contributed by atoms with Gasteiger partial charge in [-0.05, 0) is 18.6 Å². The van der Waals surface area contributed by atoms with E-state index in [0.717, 1.165) is 6.42 Å². The Balaban J connectivity index is 1.39. The monoisotopic (exact) mass is 410 g/mol. The highest BCUT2D eigenvalue weighted by Crippen LogP contribution is 2.42. The molecule has 0 aliphatic carbocycles. The Hall–Kier alpha value is -1.30. The van der Waals surface area contributed by atoms with Crippen LogP contribution in [0.2, 0.25) is 5.02 Å². The molecule has 1 aromatic rings. The zero-order valence-electron chi connectivity index (χ0n) is 15.0. The Labute approximate surface area is 166 Å². The van der Waals surface area contributed by atoms with Gasteiger partial charge in [0.2, 0.25) is 0 Å². The van der Waals surface area contributed by atoms with Gasteiger partial charge in [0.1, 0.15) is 24.5 Å². The Morgan fingerprint density at radius 2 is 2.07 bits per heavy atom. The number of aliphatic hydroxyl groups is 2. The zero-order valence-corrected chi connectivity index (χ0v) is 15.7. The van der Waals surface area contributed by atoms with Crippen molar-refractivity contribution in [1.82, 2.24) is 15.5 Å². The first-order valence-electron chi connectivity index (χ1n) is 9.46. The number of likely N-dealkylation sites (tertiary alicyclic amines) is 1. The maximum absolute atomic E-state index is 12.2. The van der Waals surface area contributed by atoms with Gasteiger partial charge in [0, 0.05) is 29.7 Å². The van der Waals surface area contributed by atoms with Crippen molar-refractivity contribution in [3.8, 4) is 0 Å². The molecule has 9 nitrogen and oxygen atoms in total. The smallest absolute Gasteiger partial charge is 0.339 e. The van der Waals surface area contributed by atoms with Crippen LogP contribution >= 0.6 is 11.6 Å². The van der Waals surface area contributed by atoms with Crippen molar-refractivity contribution >= 4 is 17.6 Å². The summed E-state index contributed by atoms with van der Waals surface area (Å²) in [6.07, 6.45) is -4.06. The fourth-order valence-corrected chi connectivity index (χ4v) is 5.03. The van der Waals surface area contributed by atoms with E-state index in [1.807, 2.05) is 4.90 Å². The van der Waals surface area contributed by atoms with Crippen molar-refractivity contribution in [1.29, 1.82) is 0 Å². The number of esters is 1. The van der Waals surface area contributed by atoms with Crippen molar-refractivity contribution in [2.24, 2.45) is 11.7 Å². The van der Waals surface area contributed by atoms with Gasteiger partial charge < -0.3 is 25.4 Å². The Kier molecular flexibility index (Phi) is 4.61. The molecule has 6 N–H and O–H groups in total. The third-order valence-corrected chi connectivity index (χ3v) is 6.51. The molecule has 4 heterocycles. The quantitative estimate of drug-likeness (QED) is 0.393. The molecular weight excluding hydrogens is 388 g/mol. The van der Waals surface area contributed by atoms with Gasteiger partial charge in [-0.25, -0.2) is 4.79 Å². The van der Waals surface area contributed by atoms with Gasteiger partial charge >= 0.3 is 5.97 Å². The van der Waals surface area contributed by atoms with E-state index >= 15 is 0 Å². The first kappa shape index (κ1) is 18.7.